The minimum Gasteiger partial charge on any atom is -0.481 e. The fourth-order valence-electron chi connectivity index (χ4n) is 5.00. The van der Waals surface area contributed by atoms with Gasteiger partial charge >= 0.3 is 11.9 Å². The van der Waals surface area contributed by atoms with Gasteiger partial charge < -0.3 is 10.2 Å². The highest BCUT2D eigenvalue weighted by Gasteiger charge is 2.49. The molecule has 0 spiro atoms. The molecule has 0 aromatic carbocycles. The Bertz CT molecular complexity index is 334. The number of rotatable bonds is 4. The van der Waals surface area contributed by atoms with Crippen molar-refractivity contribution in [3.63, 3.8) is 0 Å². The van der Waals surface area contributed by atoms with E-state index in [1.54, 1.807) is 0 Å². The summed E-state index contributed by atoms with van der Waals surface area (Å²) in [7, 11) is 0. The first kappa shape index (κ1) is 12.0. The van der Waals surface area contributed by atoms with E-state index in [2.05, 4.69) is 0 Å². The number of carbonyl (C=O) groups is 2. The van der Waals surface area contributed by atoms with Crippen molar-refractivity contribution in [2.45, 2.75) is 38.5 Å². The molecule has 0 atom stereocenters. The third kappa shape index (κ3) is 1.91. The maximum atomic E-state index is 11.0. The Kier molecular flexibility index (Phi) is 2.83. The van der Waals surface area contributed by atoms with Crippen molar-refractivity contribution >= 4 is 11.9 Å². The molecule has 4 fully saturated rings. The monoisotopic (exact) mass is 252 g/mol. The second-order valence-electron chi connectivity index (χ2n) is 6.56. The van der Waals surface area contributed by atoms with Crippen molar-refractivity contribution in [1.82, 2.24) is 0 Å². The van der Waals surface area contributed by atoms with E-state index in [-0.39, 0.29) is 0 Å². The first-order chi connectivity index (χ1) is 8.54. The lowest BCUT2D eigenvalue weighted by atomic mass is 9.51. The molecular formula is C14H20O4. The molecule has 4 aliphatic carbocycles. The van der Waals surface area contributed by atoms with Gasteiger partial charge in [-0.3, -0.25) is 9.59 Å². The Morgan fingerprint density at radius 1 is 0.889 bits per heavy atom. The summed E-state index contributed by atoms with van der Waals surface area (Å²) in [5.74, 6) is -0.311. The van der Waals surface area contributed by atoms with Crippen molar-refractivity contribution in [3.05, 3.63) is 0 Å². The van der Waals surface area contributed by atoms with E-state index in [1.165, 1.54) is 32.1 Å². The Balaban J connectivity index is 1.73. The van der Waals surface area contributed by atoms with Crippen LogP contribution in [0.3, 0.4) is 0 Å². The van der Waals surface area contributed by atoms with E-state index in [1.807, 2.05) is 0 Å². The van der Waals surface area contributed by atoms with Crippen LogP contribution in [0.2, 0.25) is 0 Å². The molecule has 0 amide bonds. The lowest BCUT2D eigenvalue weighted by Crippen LogP contribution is -2.46. The van der Waals surface area contributed by atoms with E-state index in [0.29, 0.717) is 24.2 Å². The summed E-state index contributed by atoms with van der Waals surface area (Å²) in [5.41, 5.74) is 0. The van der Waals surface area contributed by atoms with Gasteiger partial charge in [-0.1, -0.05) is 0 Å². The van der Waals surface area contributed by atoms with Crippen LogP contribution in [0.25, 0.3) is 0 Å². The smallest absolute Gasteiger partial charge is 0.317 e. The van der Waals surface area contributed by atoms with Gasteiger partial charge in [-0.05, 0) is 68.1 Å². The molecule has 0 aromatic heterocycles. The number of carboxylic acids is 2. The van der Waals surface area contributed by atoms with Gasteiger partial charge in [0, 0.05) is 0 Å². The normalized spacial score (nSPS) is 41.3. The Hall–Kier alpha value is -1.06. The van der Waals surface area contributed by atoms with Crippen LogP contribution < -0.4 is 0 Å². The molecule has 4 bridgehead atoms. The standard InChI is InChI=1S/C14H20O4/c15-13(16)12(14(17)18)6-11-9-2-7-1-8(4-9)5-10(11)3-7/h7-12H,1-6H2,(H,15,16)(H,17,18). The maximum Gasteiger partial charge on any atom is 0.317 e. The second kappa shape index (κ2) is 4.25. The van der Waals surface area contributed by atoms with Gasteiger partial charge in [-0.25, -0.2) is 0 Å². The SMILES string of the molecule is O=C(O)C(CC1C2CC3CC(C2)CC1C3)C(=O)O. The summed E-state index contributed by atoms with van der Waals surface area (Å²) in [6.07, 6.45) is 6.56. The van der Waals surface area contributed by atoms with Crippen LogP contribution in [0, 0.1) is 35.5 Å². The van der Waals surface area contributed by atoms with Crippen LogP contribution in [0.5, 0.6) is 0 Å². The summed E-state index contributed by atoms with van der Waals surface area (Å²) >= 11 is 0. The van der Waals surface area contributed by atoms with Gasteiger partial charge in [0.2, 0.25) is 0 Å². The Morgan fingerprint density at radius 2 is 1.33 bits per heavy atom. The van der Waals surface area contributed by atoms with E-state index in [9.17, 15) is 9.59 Å². The zero-order valence-corrected chi connectivity index (χ0v) is 10.4. The molecule has 4 heteroatoms. The molecule has 100 valence electrons. The quantitative estimate of drug-likeness (QED) is 0.752. The van der Waals surface area contributed by atoms with Gasteiger partial charge in [0.1, 0.15) is 0 Å². The Morgan fingerprint density at radius 3 is 1.72 bits per heavy atom. The van der Waals surface area contributed by atoms with Crippen LogP contribution in [0.4, 0.5) is 0 Å². The average Bonchev–Trinajstić information content (AvgIpc) is 2.25. The predicted octanol–water partition coefficient (Wildman–Crippen LogP) is 2.23. The fraction of sp³-hybridized carbons (Fsp3) is 0.857. The fourth-order valence-corrected chi connectivity index (χ4v) is 5.00. The minimum atomic E-state index is -1.20. The second-order valence-corrected chi connectivity index (χ2v) is 6.56. The molecule has 4 rings (SSSR count). The summed E-state index contributed by atoms with van der Waals surface area (Å²) in [4.78, 5) is 22.1. The van der Waals surface area contributed by atoms with Crippen LogP contribution in [-0.4, -0.2) is 22.2 Å². The largest absolute Gasteiger partial charge is 0.481 e. The van der Waals surface area contributed by atoms with Crippen LogP contribution in [0.15, 0.2) is 0 Å². The lowest BCUT2D eigenvalue weighted by Gasteiger charge is -2.54. The van der Waals surface area contributed by atoms with Gasteiger partial charge in [-0.15, -0.1) is 0 Å². The molecule has 0 aliphatic heterocycles. The maximum absolute atomic E-state index is 11.0. The van der Waals surface area contributed by atoms with Gasteiger partial charge in [0.25, 0.3) is 0 Å². The van der Waals surface area contributed by atoms with Crippen LogP contribution >= 0.6 is 0 Å². The van der Waals surface area contributed by atoms with E-state index < -0.39 is 17.9 Å². The molecule has 4 saturated carbocycles. The summed E-state index contributed by atoms with van der Waals surface area (Å²) < 4.78 is 0. The first-order valence-electron chi connectivity index (χ1n) is 7.00. The summed E-state index contributed by atoms with van der Waals surface area (Å²) in [6.45, 7) is 0. The van der Waals surface area contributed by atoms with Gasteiger partial charge in [-0.2, -0.15) is 0 Å². The molecule has 18 heavy (non-hydrogen) atoms. The number of hydrogen-bond donors (Lipinski definition) is 2. The average molecular weight is 252 g/mol. The van der Waals surface area contributed by atoms with E-state index in [0.717, 1.165) is 11.8 Å². The molecular weight excluding hydrogens is 232 g/mol. The minimum absolute atomic E-state index is 0.343. The highest BCUT2D eigenvalue weighted by molar-refractivity contribution is 5.92. The van der Waals surface area contributed by atoms with E-state index >= 15 is 0 Å². The topological polar surface area (TPSA) is 74.6 Å². The van der Waals surface area contributed by atoms with Gasteiger partial charge in [0.15, 0.2) is 5.92 Å². The van der Waals surface area contributed by atoms with Crippen molar-refractivity contribution in [2.24, 2.45) is 35.5 Å². The summed E-state index contributed by atoms with van der Waals surface area (Å²) in [6, 6.07) is 0. The van der Waals surface area contributed by atoms with Crippen molar-refractivity contribution in [2.75, 3.05) is 0 Å². The van der Waals surface area contributed by atoms with Gasteiger partial charge in [0.05, 0.1) is 0 Å². The first-order valence-corrected chi connectivity index (χ1v) is 7.00. The third-order valence-corrected chi connectivity index (χ3v) is 5.53. The molecule has 4 aliphatic rings. The molecule has 0 heterocycles. The Labute approximate surface area is 106 Å². The van der Waals surface area contributed by atoms with Crippen LogP contribution in [0.1, 0.15) is 38.5 Å². The highest BCUT2D eigenvalue weighted by Crippen LogP contribution is 2.57. The molecule has 0 saturated heterocycles. The number of hydrogen-bond acceptors (Lipinski definition) is 2. The molecule has 4 nitrogen and oxygen atoms in total. The molecule has 0 radical (unpaired) electrons. The number of carboxylic acid groups (broad SMARTS) is 2. The lowest BCUT2D eigenvalue weighted by molar-refractivity contribution is -0.157. The predicted molar refractivity (Wildman–Crippen MR) is 63.9 cm³/mol. The molecule has 0 aromatic rings. The summed E-state index contributed by atoms with van der Waals surface area (Å²) in [5, 5.41) is 18.0. The highest BCUT2D eigenvalue weighted by atomic mass is 16.4. The molecule has 2 N–H and O–H groups in total. The van der Waals surface area contributed by atoms with Crippen molar-refractivity contribution in [3.8, 4) is 0 Å². The van der Waals surface area contributed by atoms with Crippen LogP contribution in [-0.2, 0) is 9.59 Å². The number of aliphatic carboxylic acids is 2. The third-order valence-electron chi connectivity index (χ3n) is 5.53. The molecule has 0 unspecified atom stereocenters. The van der Waals surface area contributed by atoms with Crippen molar-refractivity contribution < 1.29 is 19.8 Å². The van der Waals surface area contributed by atoms with E-state index in [4.69, 9.17) is 10.2 Å². The zero-order valence-electron chi connectivity index (χ0n) is 10.4. The zero-order chi connectivity index (χ0) is 12.9. The van der Waals surface area contributed by atoms with Crippen molar-refractivity contribution in [1.29, 1.82) is 0 Å².